The van der Waals surface area contributed by atoms with Crippen molar-refractivity contribution in [3.8, 4) is 5.75 Å². The summed E-state index contributed by atoms with van der Waals surface area (Å²) in [6, 6.07) is 18.0. The van der Waals surface area contributed by atoms with Crippen LogP contribution >= 0.6 is 11.6 Å². The van der Waals surface area contributed by atoms with Crippen LogP contribution in [0.3, 0.4) is 0 Å². The average Bonchev–Trinajstić information content (AvgIpc) is 2.64. The molecule has 2 aromatic carbocycles. The Morgan fingerprint density at radius 1 is 1.04 bits per heavy atom. The second-order valence-corrected chi connectivity index (χ2v) is 7.29. The number of piperidine rings is 1. The maximum atomic E-state index is 10.2. The van der Waals surface area contributed by atoms with Gasteiger partial charge in [0, 0.05) is 11.6 Å². The molecule has 1 aliphatic heterocycles. The van der Waals surface area contributed by atoms with Gasteiger partial charge in [-0.3, -0.25) is 0 Å². The lowest BCUT2D eigenvalue weighted by Gasteiger charge is -2.33. The van der Waals surface area contributed by atoms with Gasteiger partial charge >= 0.3 is 0 Å². The van der Waals surface area contributed by atoms with Crippen molar-refractivity contribution in [1.29, 1.82) is 0 Å². The number of likely N-dealkylation sites (tertiary alicyclic amines) is 1. The predicted molar refractivity (Wildman–Crippen MR) is 102 cm³/mol. The zero-order chi connectivity index (χ0) is 17.5. The molecule has 1 heterocycles. The van der Waals surface area contributed by atoms with Crippen LogP contribution in [0, 0.1) is 5.92 Å². The van der Waals surface area contributed by atoms with Gasteiger partial charge in [0.1, 0.15) is 18.5 Å². The minimum absolute atomic E-state index is 0. The normalized spacial score (nSPS) is 16.7. The van der Waals surface area contributed by atoms with Crippen LogP contribution in [0.5, 0.6) is 5.75 Å². The molecule has 0 amide bonds. The SMILES string of the molecule is OC(COc1ccc(Cl)cc1)CN1CCC(Cc2ccccc2)CC1.[Cl-]. The molecule has 0 radical (unpaired) electrons. The lowest BCUT2D eigenvalue weighted by molar-refractivity contribution is -0.00000724. The quantitative estimate of drug-likeness (QED) is 0.761. The van der Waals surface area contributed by atoms with Crippen LogP contribution in [-0.4, -0.2) is 42.4 Å². The van der Waals surface area contributed by atoms with Crippen molar-refractivity contribution >= 4 is 11.6 Å². The molecule has 3 nitrogen and oxygen atoms in total. The first kappa shape index (κ1) is 21.0. The highest BCUT2D eigenvalue weighted by Crippen LogP contribution is 2.22. The Kier molecular flexibility index (Phi) is 8.73. The first-order valence-electron chi connectivity index (χ1n) is 9.02. The Bertz CT molecular complexity index is 628. The molecule has 1 N–H and O–H groups in total. The van der Waals surface area contributed by atoms with Gasteiger partial charge in [0.25, 0.3) is 0 Å². The van der Waals surface area contributed by atoms with E-state index in [0.29, 0.717) is 18.2 Å². The van der Waals surface area contributed by atoms with Crippen LogP contribution in [0.2, 0.25) is 5.02 Å². The number of ether oxygens (including phenoxy) is 1. The Morgan fingerprint density at radius 2 is 1.69 bits per heavy atom. The van der Waals surface area contributed by atoms with E-state index in [4.69, 9.17) is 16.3 Å². The highest BCUT2D eigenvalue weighted by atomic mass is 35.5. The van der Waals surface area contributed by atoms with E-state index in [1.807, 2.05) is 12.1 Å². The lowest BCUT2D eigenvalue weighted by atomic mass is 9.90. The second-order valence-electron chi connectivity index (χ2n) is 6.85. The van der Waals surface area contributed by atoms with E-state index in [9.17, 15) is 5.11 Å². The topological polar surface area (TPSA) is 32.7 Å². The molecule has 0 spiro atoms. The molecule has 0 aromatic heterocycles. The number of rotatable bonds is 7. The summed E-state index contributed by atoms with van der Waals surface area (Å²) in [4.78, 5) is 2.34. The average molecular weight is 395 g/mol. The van der Waals surface area contributed by atoms with Crippen molar-refractivity contribution in [3.63, 3.8) is 0 Å². The van der Waals surface area contributed by atoms with Gasteiger partial charge in [0.15, 0.2) is 0 Å². The van der Waals surface area contributed by atoms with E-state index >= 15 is 0 Å². The van der Waals surface area contributed by atoms with Crippen molar-refractivity contribution in [2.24, 2.45) is 5.92 Å². The molecule has 1 saturated heterocycles. The Balaban J connectivity index is 0.00000243. The highest BCUT2D eigenvalue weighted by molar-refractivity contribution is 6.30. The lowest BCUT2D eigenvalue weighted by Crippen LogP contribution is -3.00. The van der Waals surface area contributed by atoms with Gasteiger partial charge < -0.3 is 27.2 Å². The summed E-state index contributed by atoms with van der Waals surface area (Å²) in [6.45, 7) is 3.09. The first-order chi connectivity index (χ1) is 12.2. The van der Waals surface area contributed by atoms with E-state index in [1.54, 1.807) is 12.1 Å². The number of hydrogen-bond donors (Lipinski definition) is 1. The molecule has 142 valence electrons. The Labute approximate surface area is 167 Å². The fourth-order valence-electron chi connectivity index (χ4n) is 3.39. The molecule has 0 aliphatic carbocycles. The number of hydrogen-bond acceptors (Lipinski definition) is 3. The molecular formula is C21H26Cl2NO2-. The van der Waals surface area contributed by atoms with E-state index < -0.39 is 6.10 Å². The summed E-state index contributed by atoms with van der Waals surface area (Å²) >= 11 is 5.85. The second kappa shape index (κ2) is 10.8. The predicted octanol–water partition coefficient (Wildman–Crippen LogP) is 1.04. The van der Waals surface area contributed by atoms with E-state index in [0.717, 1.165) is 31.2 Å². The summed E-state index contributed by atoms with van der Waals surface area (Å²) < 4.78 is 5.63. The number of benzene rings is 2. The van der Waals surface area contributed by atoms with E-state index in [2.05, 4.69) is 35.2 Å². The molecule has 0 bridgehead atoms. The summed E-state index contributed by atoms with van der Waals surface area (Å²) in [5.41, 5.74) is 1.43. The van der Waals surface area contributed by atoms with Gasteiger partial charge in [-0.15, -0.1) is 0 Å². The fraction of sp³-hybridized carbons (Fsp3) is 0.429. The molecular weight excluding hydrogens is 369 g/mol. The number of nitrogens with zero attached hydrogens (tertiary/aromatic N) is 1. The number of aliphatic hydroxyl groups is 1. The van der Waals surface area contributed by atoms with E-state index in [-0.39, 0.29) is 12.4 Å². The van der Waals surface area contributed by atoms with Gasteiger partial charge in [-0.25, -0.2) is 0 Å². The van der Waals surface area contributed by atoms with Crippen LogP contribution in [0.25, 0.3) is 0 Å². The van der Waals surface area contributed by atoms with Crippen molar-refractivity contribution in [3.05, 3.63) is 65.2 Å². The van der Waals surface area contributed by atoms with Crippen LogP contribution in [-0.2, 0) is 6.42 Å². The van der Waals surface area contributed by atoms with Gasteiger partial charge in [-0.05, 0) is 68.1 Å². The highest BCUT2D eigenvalue weighted by Gasteiger charge is 2.21. The number of β-amino-alcohol motifs (C(OH)–C–C–N with tert-alkyl or cyclic N) is 1. The Morgan fingerprint density at radius 3 is 2.35 bits per heavy atom. The first-order valence-corrected chi connectivity index (χ1v) is 9.39. The number of aliphatic hydroxyl groups excluding tert-OH is 1. The van der Waals surface area contributed by atoms with Crippen LogP contribution in [0.1, 0.15) is 18.4 Å². The minimum Gasteiger partial charge on any atom is -1.00 e. The molecule has 0 saturated carbocycles. The third kappa shape index (κ3) is 6.81. The smallest absolute Gasteiger partial charge is 0.119 e. The third-order valence-corrected chi connectivity index (χ3v) is 5.05. The largest absolute Gasteiger partial charge is 1.00 e. The molecule has 1 atom stereocenters. The number of halogens is 2. The standard InChI is InChI=1S/C21H26ClNO2.ClH/c22-19-6-8-21(9-7-19)25-16-20(24)15-23-12-10-18(11-13-23)14-17-4-2-1-3-5-17;/h1-9,18,20,24H,10-16H2;1H/p-1. The zero-order valence-corrected chi connectivity index (χ0v) is 16.4. The van der Waals surface area contributed by atoms with Crippen LogP contribution in [0.4, 0.5) is 0 Å². The van der Waals surface area contributed by atoms with Gasteiger partial charge in [-0.1, -0.05) is 41.9 Å². The third-order valence-electron chi connectivity index (χ3n) is 4.80. The molecule has 5 heteroatoms. The van der Waals surface area contributed by atoms with Gasteiger partial charge in [0.2, 0.25) is 0 Å². The molecule has 1 aliphatic rings. The van der Waals surface area contributed by atoms with Crippen molar-refractivity contribution in [2.45, 2.75) is 25.4 Å². The zero-order valence-electron chi connectivity index (χ0n) is 14.9. The molecule has 3 rings (SSSR count). The monoisotopic (exact) mass is 394 g/mol. The maximum Gasteiger partial charge on any atom is 0.119 e. The summed E-state index contributed by atoms with van der Waals surface area (Å²) in [5.74, 6) is 1.49. The Hall–Kier alpha value is -1.26. The van der Waals surface area contributed by atoms with Crippen molar-refractivity contribution in [2.75, 3.05) is 26.2 Å². The summed E-state index contributed by atoms with van der Waals surface area (Å²) in [6.07, 6.45) is 3.08. The van der Waals surface area contributed by atoms with Crippen LogP contribution in [0.15, 0.2) is 54.6 Å². The van der Waals surface area contributed by atoms with Gasteiger partial charge in [0.05, 0.1) is 0 Å². The molecule has 1 unspecified atom stereocenters. The fourth-order valence-corrected chi connectivity index (χ4v) is 3.52. The summed E-state index contributed by atoms with van der Waals surface area (Å²) in [7, 11) is 0. The van der Waals surface area contributed by atoms with Crippen molar-refractivity contribution in [1.82, 2.24) is 4.90 Å². The molecule has 26 heavy (non-hydrogen) atoms. The van der Waals surface area contributed by atoms with Crippen LogP contribution < -0.4 is 17.1 Å². The molecule has 2 aromatic rings. The molecule has 1 fully saturated rings. The van der Waals surface area contributed by atoms with Crippen molar-refractivity contribution < 1.29 is 22.3 Å². The maximum absolute atomic E-state index is 10.2. The summed E-state index contributed by atoms with van der Waals surface area (Å²) in [5, 5.41) is 10.9. The van der Waals surface area contributed by atoms with E-state index in [1.165, 1.54) is 18.4 Å². The minimum atomic E-state index is -0.471. The van der Waals surface area contributed by atoms with Gasteiger partial charge in [-0.2, -0.15) is 0 Å².